The minimum atomic E-state index is -0.486. The van der Waals surface area contributed by atoms with E-state index in [1.54, 1.807) is 0 Å². The summed E-state index contributed by atoms with van der Waals surface area (Å²) >= 11 is 4.96. The van der Waals surface area contributed by atoms with E-state index in [9.17, 15) is 0 Å². The second-order valence-electron chi connectivity index (χ2n) is 5.70. The Balaban J connectivity index is 1.95. The molecule has 0 saturated carbocycles. The zero-order valence-electron chi connectivity index (χ0n) is 12.2. The van der Waals surface area contributed by atoms with Crippen LogP contribution in [0.5, 0.6) is 0 Å². The van der Waals surface area contributed by atoms with E-state index in [0.717, 1.165) is 22.4 Å². The molecule has 0 fully saturated rings. The molecule has 3 aromatic carbocycles. The summed E-state index contributed by atoms with van der Waals surface area (Å²) in [7, 11) is 0. The molecule has 22 heavy (non-hydrogen) atoms. The number of H-pyrrole nitrogens is 1. The maximum absolute atomic E-state index is 4.96. The second kappa shape index (κ2) is 4.89. The molecule has 0 aliphatic carbocycles. The SMILES string of the molecule is CC(S)(c1nc2ccccc2[nH]1)c1cccc2ccccc12. The van der Waals surface area contributed by atoms with Crippen molar-refractivity contribution in [1.29, 1.82) is 0 Å². The van der Waals surface area contributed by atoms with Crippen LogP contribution in [0, 0.1) is 0 Å². The van der Waals surface area contributed by atoms with Gasteiger partial charge in [0.1, 0.15) is 5.82 Å². The molecular formula is C19H16N2S. The van der Waals surface area contributed by atoms with Crippen molar-refractivity contribution in [2.45, 2.75) is 11.7 Å². The molecule has 1 N–H and O–H groups in total. The number of benzene rings is 3. The molecule has 1 heterocycles. The van der Waals surface area contributed by atoms with Crippen molar-refractivity contribution >= 4 is 34.4 Å². The van der Waals surface area contributed by atoms with Crippen LogP contribution in [0.4, 0.5) is 0 Å². The van der Waals surface area contributed by atoms with Gasteiger partial charge in [-0.3, -0.25) is 0 Å². The van der Waals surface area contributed by atoms with E-state index < -0.39 is 4.75 Å². The number of para-hydroxylation sites is 2. The number of aromatic amines is 1. The number of aromatic nitrogens is 2. The zero-order valence-corrected chi connectivity index (χ0v) is 13.1. The predicted molar refractivity (Wildman–Crippen MR) is 95.5 cm³/mol. The molecule has 4 aromatic rings. The smallest absolute Gasteiger partial charge is 0.127 e. The lowest BCUT2D eigenvalue weighted by Crippen LogP contribution is -2.18. The molecule has 0 aliphatic heterocycles. The van der Waals surface area contributed by atoms with Crippen molar-refractivity contribution in [2.24, 2.45) is 0 Å². The molecule has 0 saturated heterocycles. The van der Waals surface area contributed by atoms with Gasteiger partial charge in [-0.05, 0) is 35.4 Å². The fraction of sp³-hybridized carbons (Fsp3) is 0.105. The van der Waals surface area contributed by atoms with E-state index in [0.29, 0.717) is 0 Å². The van der Waals surface area contributed by atoms with Gasteiger partial charge in [0.15, 0.2) is 0 Å². The number of thiol groups is 1. The lowest BCUT2D eigenvalue weighted by molar-refractivity contribution is 0.789. The van der Waals surface area contributed by atoms with Crippen LogP contribution in [-0.4, -0.2) is 9.97 Å². The van der Waals surface area contributed by atoms with Crippen LogP contribution in [0.15, 0.2) is 66.7 Å². The third-order valence-electron chi connectivity index (χ3n) is 4.16. The van der Waals surface area contributed by atoms with Crippen LogP contribution >= 0.6 is 12.6 Å². The Morgan fingerprint density at radius 1 is 0.909 bits per heavy atom. The lowest BCUT2D eigenvalue weighted by atomic mass is 9.93. The highest BCUT2D eigenvalue weighted by atomic mass is 32.1. The quantitative estimate of drug-likeness (QED) is 0.506. The summed E-state index contributed by atoms with van der Waals surface area (Å²) in [6.07, 6.45) is 0. The third-order valence-corrected chi connectivity index (χ3v) is 4.62. The summed E-state index contributed by atoms with van der Waals surface area (Å²) in [5.41, 5.74) is 3.17. The van der Waals surface area contributed by atoms with Crippen molar-refractivity contribution in [1.82, 2.24) is 9.97 Å². The van der Waals surface area contributed by atoms with Crippen LogP contribution in [0.1, 0.15) is 18.3 Å². The van der Waals surface area contributed by atoms with E-state index in [4.69, 9.17) is 17.6 Å². The molecule has 4 rings (SSSR count). The molecule has 0 bridgehead atoms. The Labute approximate surface area is 134 Å². The average Bonchev–Trinajstić information content (AvgIpc) is 2.99. The average molecular weight is 304 g/mol. The maximum atomic E-state index is 4.96. The van der Waals surface area contributed by atoms with Gasteiger partial charge in [-0.2, -0.15) is 12.6 Å². The Morgan fingerprint density at radius 3 is 2.50 bits per heavy atom. The van der Waals surface area contributed by atoms with Crippen molar-refractivity contribution < 1.29 is 0 Å². The summed E-state index contributed by atoms with van der Waals surface area (Å²) < 4.78 is -0.486. The van der Waals surface area contributed by atoms with Crippen molar-refractivity contribution in [3.8, 4) is 0 Å². The summed E-state index contributed by atoms with van der Waals surface area (Å²) in [6, 6.07) is 22.8. The van der Waals surface area contributed by atoms with Crippen molar-refractivity contribution in [3.05, 3.63) is 78.1 Å². The van der Waals surface area contributed by atoms with E-state index in [-0.39, 0.29) is 0 Å². The maximum Gasteiger partial charge on any atom is 0.127 e. The molecule has 1 aromatic heterocycles. The standard InChI is InChI=1S/C19H16N2S/c1-19(22,18-20-16-11-4-5-12-17(16)21-18)15-10-6-8-13-7-2-3-9-14(13)15/h2-12,22H,1H3,(H,20,21). The van der Waals surface area contributed by atoms with Gasteiger partial charge in [-0.1, -0.05) is 54.6 Å². The topological polar surface area (TPSA) is 28.7 Å². The van der Waals surface area contributed by atoms with Crippen LogP contribution in [-0.2, 0) is 4.75 Å². The Hall–Kier alpha value is -2.26. The number of nitrogens with one attached hydrogen (secondary N) is 1. The number of rotatable bonds is 2. The highest BCUT2D eigenvalue weighted by molar-refractivity contribution is 7.81. The highest BCUT2D eigenvalue weighted by Gasteiger charge is 2.29. The van der Waals surface area contributed by atoms with E-state index in [1.165, 1.54) is 10.8 Å². The fourth-order valence-corrected chi connectivity index (χ4v) is 3.26. The summed E-state index contributed by atoms with van der Waals surface area (Å²) in [5, 5.41) is 2.43. The molecule has 0 spiro atoms. The summed E-state index contributed by atoms with van der Waals surface area (Å²) in [4.78, 5) is 8.15. The first-order chi connectivity index (χ1) is 10.7. The van der Waals surface area contributed by atoms with E-state index in [1.807, 2.05) is 24.3 Å². The summed E-state index contributed by atoms with van der Waals surface area (Å²) in [5.74, 6) is 0.869. The van der Waals surface area contributed by atoms with Gasteiger partial charge in [0.25, 0.3) is 0 Å². The zero-order chi connectivity index (χ0) is 15.2. The molecule has 1 atom stereocenters. The molecule has 108 valence electrons. The predicted octanol–water partition coefficient (Wildman–Crippen LogP) is 4.91. The van der Waals surface area contributed by atoms with Gasteiger partial charge in [-0.25, -0.2) is 4.98 Å². The number of imidazole rings is 1. The van der Waals surface area contributed by atoms with Gasteiger partial charge in [0, 0.05) is 0 Å². The molecule has 1 unspecified atom stereocenters. The van der Waals surface area contributed by atoms with Crippen molar-refractivity contribution in [3.63, 3.8) is 0 Å². The number of nitrogens with zero attached hydrogens (tertiary/aromatic N) is 1. The van der Waals surface area contributed by atoms with Crippen LogP contribution in [0.2, 0.25) is 0 Å². The van der Waals surface area contributed by atoms with Gasteiger partial charge < -0.3 is 4.98 Å². The minimum Gasteiger partial charge on any atom is -0.341 e. The minimum absolute atomic E-state index is 0.486. The summed E-state index contributed by atoms with van der Waals surface area (Å²) in [6.45, 7) is 2.09. The van der Waals surface area contributed by atoms with Gasteiger partial charge in [0.05, 0.1) is 15.8 Å². The van der Waals surface area contributed by atoms with Gasteiger partial charge in [-0.15, -0.1) is 0 Å². The first kappa shape index (κ1) is 13.4. The largest absolute Gasteiger partial charge is 0.341 e. The van der Waals surface area contributed by atoms with Crippen molar-refractivity contribution in [2.75, 3.05) is 0 Å². The second-order valence-corrected chi connectivity index (χ2v) is 6.60. The first-order valence-corrected chi connectivity index (χ1v) is 7.77. The van der Waals surface area contributed by atoms with Crippen LogP contribution < -0.4 is 0 Å². The fourth-order valence-electron chi connectivity index (χ4n) is 2.96. The number of hydrogen-bond donors (Lipinski definition) is 2. The van der Waals surface area contributed by atoms with Crippen LogP contribution in [0.3, 0.4) is 0 Å². The lowest BCUT2D eigenvalue weighted by Gasteiger charge is -2.23. The number of fused-ring (bicyclic) bond motifs is 2. The monoisotopic (exact) mass is 304 g/mol. The van der Waals surface area contributed by atoms with E-state index in [2.05, 4.69) is 54.4 Å². The molecule has 0 aliphatic rings. The normalized spacial score (nSPS) is 14.3. The molecule has 0 radical (unpaired) electrons. The molecule has 3 heteroatoms. The van der Waals surface area contributed by atoms with Gasteiger partial charge in [0.2, 0.25) is 0 Å². The highest BCUT2D eigenvalue weighted by Crippen LogP contribution is 2.38. The Kier molecular flexibility index (Phi) is 2.98. The van der Waals surface area contributed by atoms with Crippen LogP contribution in [0.25, 0.3) is 21.8 Å². The Morgan fingerprint density at radius 2 is 1.64 bits per heavy atom. The molecule has 0 amide bonds. The van der Waals surface area contributed by atoms with Gasteiger partial charge >= 0.3 is 0 Å². The third kappa shape index (κ3) is 2.01. The van der Waals surface area contributed by atoms with E-state index >= 15 is 0 Å². The molecular weight excluding hydrogens is 288 g/mol. The molecule has 2 nitrogen and oxygen atoms in total. The number of hydrogen-bond acceptors (Lipinski definition) is 2. The first-order valence-electron chi connectivity index (χ1n) is 7.32. The Bertz CT molecular complexity index is 931.